The van der Waals surface area contributed by atoms with Crippen molar-refractivity contribution in [2.45, 2.75) is 56.7 Å². The minimum absolute atomic E-state index is 0.110. The molecular formula is C17H20ClNO2. The van der Waals surface area contributed by atoms with E-state index >= 15 is 0 Å². The normalized spacial score (nSPS) is 23.9. The van der Waals surface area contributed by atoms with Crippen molar-refractivity contribution in [3.05, 3.63) is 28.8 Å². The first-order chi connectivity index (χ1) is 10.2. The van der Waals surface area contributed by atoms with Gasteiger partial charge in [0.1, 0.15) is 24.0 Å². The molecule has 1 aliphatic heterocycles. The fraction of sp³-hybridized carbons (Fsp3) is 0.588. The number of halogens is 1. The summed E-state index contributed by atoms with van der Waals surface area (Å²) in [5.74, 6) is 0.554. The minimum atomic E-state index is 0.110. The molecule has 0 amide bonds. The first-order valence-electron chi connectivity index (χ1n) is 7.72. The van der Waals surface area contributed by atoms with E-state index < -0.39 is 0 Å². The largest absolute Gasteiger partial charge is 0.489 e. The molecule has 1 heterocycles. The molecule has 1 aromatic carbocycles. The summed E-state index contributed by atoms with van der Waals surface area (Å²) in [7, 11) is 0. The van der Waals surface area contributed by atoms with E-state index in [1.54, 1.807) is 18.2 Å². The number of benzene rings is 1. The van der Waals surface area contributed by atoms with Crippen LogP contribution in [0.3, 0.4) is 0 Å². The molecule has 4 heteroatoms. The number of hydrogen-bond donors (Lipinski definition) is 0. The van der Waals surface area contributed by atoms with Crippen LogP contribution >= 0.6 is 11.6 Å². The molecule has 0 N–H and O–H groups in total. The zero-order valence-corrected chi connectivity index (χ0v) is 12.9. The van der Waals surface area contributed by atoms with Crippen molar-refractivity contribution in [3.63, 3.8) is 0 Å². The number of nitrogens with zero attached hydrogens (tertiary/aromatic N) is 1. The fourth-order valence-electron chi connectivity index (χ4n) is 3.49. The lowest BCUT2D eigenvalue weighted by Gasteiger charge is -2.33. The monoisotopic (exact) mass is 305 g/mol. The maximum atomic E-state index is 9.14. The van der Waals surface area contributed by atoms with Gasteiger partial charge in [-0.3, -0.25) is 0 Å². The van der Waals surface area contributed by atoms with Crippen LogP contribution in [0.15, 0.2) is 18.2 Å². The van der Waals surface area contributed by atoms with Crippen LogP contribution in [-0.4, -0.2) is 18.3 Å². The van der Waals surface area contributed by atoms with Crippen LogP contribution in [-0.2, 0) is 4.74 Å². The molecule has 1 saturated heterocycles. The molecule has 21 heavy (non-hydrogen) atoms. The maximum absolute atomic E-state index is 9.14. The highest BCUT2D eigenvalue weighted by Crippen LogP contribution is 2.42. The average Bonchev–Trinajstić information content (AvgIpc) is 2.88. The summed E-state index contributed by atoms with van der Waals surface area (Å²) in [5.41, 5.74) is 0.517. The van der Waals surface area contributed by atoms with Crippen molar-refractivity contribution in [2.24, 2.45) is 0 Å². The lowest BCUT2D eigenvalue weighted by Crippen LogP contribution is -2.32. The van der Waals surface area contributed by atoms with Gasteiger partial charge in [0, 0.05) is 0 Å². The van der Waals surface area contributed by atoms with Gasteiger partial charge in [0.05, 0.1) is 16.7 Å². The van der Waals surface area contributed by atoms with Crippen molar-refractivity contribution < 1.29 is 9.47 Å². The first-order valence-corrected chi connectivity index (χ1v) is 8.09. The third-order valence-corrected chi connectivity index (χ3v) is 4.93. The standard InChI is InChI=1S/C17H20ClNO2/c18-15-5-4-6-16(14(15)11-19)20-12-13-7-10-17(21-13)8-2-1-3-9-17/h4-6,13H,1-3,7-10,12H2. The highest BCUT2D eigenvalue weighted by molar-refractivity contribution is 6.31. The van der Waals surface area contributed by atoms with E-state index in [2.05, 4.69) is 6.07 Å². The molecule has 1 spiro atoms. The Hall–Kier alpha value is -1.24. The van der Waals surface area contributed by atoms with Gasteiger partial charge >= 0.3 is 0 Å². The molecule has 1 aliphatic carbocycles. The Balaban J connectivity index is 1.59. The molecule has 2 aliphatic rings. The van der Waals surface area contributed by atoms with Crippen molar-refractivity contribution in [2.75, 3.05) is 6.61 Å². The summed E-state index contributed by atoms with van der Waals surface area (Å²) < 4.78 is 12.1. The van der Waals surface area contributed by atoms with Crippen molar-refractivity contribution in [1.82, 2.24) is 0 Å². The molecule has 3 nitrogen and oxygen atoms in total. The van der Waals surface area contributed by atoms with E-state index in [9.17, 15) is 0 Å². The van der Waals surface area contributed by atoms with Crippen LogP contribution in [0.25, 0.3) is 0 Å². The Bertz CT molecular complexity index is 546. The Morgan fingerprint density at radius 3 is 2.86 bits per heavy atom. The number of nitriles is 1. The van der Waals surface area contributed by atoms with Crippen molar-refractivity contribution in [1.29, 1.82) is 5.26 Å². The highest BCUT2D eigenvalue weighted by Gasteiger charge is 2.40. The fourth-order valence-corrected chi connectivity index (χ4v) is 3.70. The summed E-state index contributed by atoms with van der Waals surface area (Å²) >= 11 is 6.01. The molecule has 0 aromatic heterocycles. The zero-order valence-electron chi connectivity index (χ0n) is 12.1. The van der Waals surface area contributed by atoms with E-state index in [-0.39, 0.29) is 11.7 Å². The zero-order chi connectivity index (χ0) is 14.7. The minimum Gasteiger partial charge on any atom is -0.489 e. The van der Waals surface area contributed by atoms with Crippen molar-refractivity contribution >= 4 is 11.6 Å². The van der Waals surface area contributed by atoms with E-state index in [0.717, 1.165) is 12.8 Å². The Morgan fingerprint density at radius 2 is 2.10 bits per heavy atom. The first kappa shape index (κ1) is 14.7. The predicted molar refractivity (Wildman–Crippen MR) is 81.6 cm³/mol. The van der Waals surface area contributed by atoms with E-state index in [4.69, 9.17) is 26.3 Å². The number of hydrogen-bond acceptors (Lipinski definition) is 3. The van der Waals surface area contributed by atoms with Gasteiger partial charge in [0.15, 0.2) is 0 Å². The van der Waals surface area contributed by atoms with Gasteiger partial charge in [0.2, 0.25) is 0 Å². The number of ether oxygens (including phenoxy) is 2. The average molecular weight is 306 g/mol. The van der Waals surface area contributed by atoms with Crippen LogP contribution < -0.4 is 4.74 Å². The van der Waals surface area contributed by atoms with Gasteiger partial charge < -0.3 is 9.47 Å². The Morgan fingerprint density at radius 1 is 1.29 bits per heavy atom. The molecule has 0 bridgehead atoms. The molecule has 1 aromatic rings. The molecule has 2 fully saturated rings. The van der Waals surface area contributed by atoms with Gasteiger partial charge in [-0.15, -0.1) is 0 Å². The van der Waals surface area contributed by atoms with Gasteiger partial charge in [-0.1, -0.05) is 36.9 Å². The molecule has 1 atom stereocenters. The van der Waals surface area contributed by atoms with Gasteiger partial charge in [0.25, 0.3) is 0 Å². The quantitative estimate of drug-likeness (QED) is 0.827. The Labute approximate surface area is 130 Å². The number of rotatable bonds is 3. The smallest absolute Gasteiger partial charge is 0.138 e. The van der Waals surface area contributed by atoms with E-state index in [1.807, 2.05) is 0 Å². The third-order valence-electron chi connectivity index (χ3n) is 4.62. The van der Waals surface area contributed by atoms with Gasteiger partial charge in [-0.2, -0.15) is 5.26 Å². The second-order valence-electron chi connectivity index (χ2n) is 6.06. The summed E-state index contributed by atoms with van der Waals surface area (Å²) in [6.07, 6.45) is 8.58. The van der Waals surface area contributed by atoms with Crippen LogP contribution in [0.4, 0.5) is 0 Å². The summed E-state index contributed by atoms with van der Waals surface area (Å²) in [6.45, 7) is 0.497. The molecule has 3 rings (SSSR count). The van der Waals surface area contributed by atoms with E-state index in [1.165, 1.54) is 32.1 Å². The lowest BCUT2D eigenvalue weighted by molar-refractivity contribution is -0.0748. The molecular weight excluding hydrogens is 286 g/mol. The SMILES string of the molecule is N#Cc1c(Cl)cccc1OCC1CCC2(CCCCC2)O1. The molecule has 112 valence electrons. The van der Waals surface area contributed by atoms with Crippen LogP contribution in [0.1, 0.15) is 50.5 Å². The lowest BCUT2D eigenvalue weighted by atomic mass is 9.83. The van der Waals surface area contributed by atoms with Crippen LogP contribution in [0.2, 0.25) is 5.02 Å². The van der Waals surface area contributed by atoms with Crippen LogP contribution in [0.5, 0.6) is 5.75 Å². The van der Waals surface area contributed by atoms with Gasteiger partial charge in [-0.05, 0) is 37.8 Å². The third kappa shape index (κ3) is 3.17. The van der Waals surface area contributed by atoms with E-state index in [0.29, 0.717) is 22.9 Å². The second kappa shape index (κ2) is 6.25. The summed E-state index contributed by atoms with van der Waals surface area (Å²) in [6, 6.07) is 7.39. The Kier molecular flexibility index (Phi) is 4.37. The second-order valence-corrected chi connectivity index (χ2v) is 6.47. The molecule has 0 radical (unpaired) electrons. The summed E-state index contributed by atoms with van der Waals surface area (Å²) in [5, 5.41) is 9.58. The topological polar surface area (TPSA) is 42.2 Å². The predicted octanol–water partition coefficient (Wildman–Crippen LogP) is 4.47. The highest BCUT2D eigenvalue weighted by atomic mass is 35.5. The molecule has 1 saturated carbocycles. The maximum Gasteiger partial charge on any atom is 0.138 e. The summed E-state index contributed by atoms with van der Waals surface area (Å²) in [4.78, 5) is 0. The van der Waals surface area contributed by atoms with Crippen LogP contribution in [0, 0.1) is 11.3 Å². The van der Waals surface area contributed by atoms with Gasteiger partial charge in [-0.25, -0.2) is 0 Å². The molecule has 1 unspecified atom stereocenters. The van der Waals surface area contributed by atoms with Crippen molar-refractivity contribution in [3.8, 4) is 11.8 Å².